The molecule has 0 saturated heterocycles. The highest BCUT2D eigenvalue weighted by Gasteiger charge is 2.12. The van der Waals surface area contributed by atoms with Gasteiger partial charge in [0, 0.05) is 0 Å². The SMILES string of the molecule is CCc1ccc(C(O)CC(CC)CC)cc1. The molecule has 1 aromatic rings. The van der Waals surface area contributed by atoms with Crippen LogP contribution in [0.1, 0.15) is 57.3 Å². The monoisotopic (exact) mass is 220 g/mol. The molecule has 0 aliphatic carbocycles. The van der Waals surface area contributed by atoms with E-state index in [1.54, 1.807) is 0 Å². The summed E-state index contributed by atoms with van der Waals surface area (Å²) in [7, 11) is 0. The quantitative estimate of drug-likeness (QED) is 0.765. The zero-order valence-corrected chi connectivity index (χ0v) is 10.7. The molecule has 90 valence electrons. The average molecular weight is 220 g/mol. The second kappa shape index (κ2) is 6.70. The van der Waals surface area contributed by atoms with Crippen LogP contribution >= 0.6 is 0 Å². The van der Waals surface area contributed by atoms with Crippen molar-refractivity contribution < 1.29 is 5.11 Å². The molecule has 1 heteroatoms. The van der Waals surface area contributed by atoms with Gasteiger partial charge in [-0.2, -0.15) is 0 Å². The van der Waals surface area contributed by atoms with Crippen LogP contribution in [0.15, 0.2) is 24.3 Å². The lowest BCUT2D eigenvalue weighted by Gasteiger charge is -2.17. The van der Waals surface area contributed by atoms with Gasteiger partial charge in [0.15, 0.2) is 0 Å². The van der Waals surface area contributed by atoms with Crippen LogP contribution in [0.25, 0.3) is 0 Å². The fourth-order valence-electron chi connectivity index (χ4n) is 2.05. The molecular weight excluding hydrogens is 196 g/mol. The lowest BCUT2D eigenvalue weighted by Crippen LogP contribution is -2.06. The third kappa shape index (κ3) is 3.64. The predicted octanol–water partition coefficient (Wildman–Crippen LogP) is 4.11. The highest BCUT2D eigenvalue weighted by Crippen LogP contribution is 2.25. The molecule has 0 heterocycles. The molecule has 1 unspecified atom stereocenters. The fraction of sp³-hybridized carbons (Fsp3) is 0.600. The Bertz CT molecular complexity index is 285. The summed E-state index contributed by atoms with van der Waals surface area (Å²) in [6, 6.07) is 8.36. The molecule has 16 heavy (non-hydrogen) atoms. The van der Waals surface area contributed by atoms with Gasteiger partial charge in [-0.1, -0.05) is 57.9 Å². The Balaban J connectivity index is 2.61. The van der Waals surface area contributed by atoms with Crippen LogP contribution in [0.5, 0.6) is 0 Å². The maximum atomic E-state index is 10.1. The van der Waals surface area contributed by atoms with Gasteiger partial charge in [0.1, 0.15) is 0 Å². The first-order valence-corrected chi connectivity index (χ1v) is 6.48. The highest BCUT2D eigenvalue weighted by molar-refractivity contribution is 5.24. The first-order valence-electron chi connectivity index (χ1n) is 6.48. The third-order valence-electron chi connectivity index (χ3n) is 3.48. The normalized spacial score (nSPS) is 13.1. The molecule has 0 saturated carbocycles. The zero-order chi connectivity index (χ0) is 12.0. The van der Waals surface area contributed by atoms with Crippen molar-refractivity contribution in [3.8, 4) is 0 Å². The van der Waals surface area contributed by atoms with Crippen molar-refractivity contribution in [1.82, 2.24) is 0 Å². The number of rotatable bonds is 6. The van der Waals surface area contributed by atoms with Gasteiger partial charge in [-0.05, 0) is 29.9 Å². The summed E-state index contributed by atoms with van der Waals surface area (Å²) in [6.07, 6.45) is 3.96. The molecule has 1 rings (SSSR count). The molecule has 0 radical (unpaired) electrons. The molecule has 0 spiro atoms. The van der Waals surface area contributed by atoms with E-state index >= 15 is 0 Å². The minimum absolute atomic E-state index is 0.296. The van der Waals surface area contributed by atoms with Gasteiger partial charge in [-0.15, -0.1) is 0 Å². The van der Waals surface area contributed by atoms with Crippen molar-refractivity contribution in [2.45, 2.75) is 52.6 Å². The van der Waals surface area contributed by atoms with Crippen molar-refractivity contribution >= 4 is 0 Å². The number of benzene rings is 1. The Kier molecular flexibility index (Phi) is 5.54. The van der Waals surface area contributed by atoms with Gasteiger partial charge in [-0.3, -0.25) is 0 Å². The molecule has 1 aromatic carbocycles. The van der Waals surface area contributed by atoms with Gasteiger partial charge in [0.25, 0.3) is 0 Å². The van der Waals surface area contributed by atoms with E-state index in [-0.39, 0.29) is 6.10 Å². The number of aliphatic hydroxyl groups is 1. The first kappa shape index (κ1) is 13.2. The molecule has 1 nitrogen and oxygen atoms in total. The topological polar surface area (TPSA) is 20.2 Å². The van der Waals surface area contributed by atoms with Crippen LogP contribution in [-0.4, -0.2) is 5.11 Å². The van der Waals surface area contributed by atoms with Crippen LogP contribution in [0.3, 0.4) is 0 Å². The number of hydrogen-bond donors (Lipinski definition) is 1. The average Bonchev–Trinajstić information content (AvgIpc) is 2.35. The molecule has 0 fully saturated rings. The molecular formula is C15H24O. The van der Waals surface area contributed by atoms with E-state index < -0.39 is 0 Å². The minimum atomic E-state index is -0.296. The lowest BCUT2D eigenvalue weighted by atomic mass is 9.92. The van der Waals surface area contributed by atoms with Crippen molar-refractivity contribution in [1.29, 1.82) is 0 Å². The van der Waals surface area contributed by atoms with Crippen molar-refractivity contribution in [3.05, 3.63) is 35.4 Å². The van der Waals surface area contributed by atoms with E-state index in [1.165, 1.54) is 5.56 Å². The van der Waals surface area contributed by atoms with Gasteiger partial charge in [0.05, 0.1) is 6.10 Å². The second-order valence-corrected chi connectivity index (χ2v) is 4.53. The maximum absolute atomic E-state index is 10.1. The standard InChI is InChI=1S/C15H24O/c1-4-12(5-2)11-15(16)14-9-7-13(6-3)8-10-14/h7-10,12,15-16H,4-6,11H2,1-3H3. The van der Waals surface area contributed by atoms with E-state index in [9.17, 15) is 5.11 Å². The maximum Gasteiger partial charge on any atom is 0.0792 e. The molecule has 1 atom stereocenters. The molecule has 0 aliphatic rings. The summed E-state index contributed by atoms with van der Waals surface area (Å²) in [5.74, 6) is 0.640. The largest absolute Gasteiger partial charge is 0.388 e. The van der Waals surface area contributed by atoms with E-state index in [0.717, 1.165) is 31.2 Å². The summed E-state index contributed by atoms with van der Waals surface area (Å²) in [5.41, 5.74) is 2.39. The fourth-order valence-corrected chi connectivity index (χ4v) is 2.05. The Labute approximate surface area is 99.5 Å². The Morgan fingerprint density at radius 1 is 1.00 bits per heavy atom. The lowest BCUT2D eigenvalue weighted by molar-refractivity contribution is 0.141. The Morgan fingerprint density at radius 2 is 1.56 bits per heavy atom. The summed E-state index contributed by atoms with van der Waals surface area (Å²) in [5, 5.41) is 10.1. The number of aryl methyl sites for hydroxylation is 1. The third-order valence-corrected chi connectivity index (χ3v) is 3.48. The highest BCUT2D eigenvalue weighted by atomic mass is 16.3. The first-order chi connectivity index (χ1) is 7.71. The van der Waals surface area contributed by atoms with Crippen molar-refractivity contribution in [3.63, 3.8) is 0 Å². The molecule has 0 amide bonds. The van der Waals surface area contributed by atoms with E-state index in [1.807, 2.05) is 0 Å². The summed E-state index contributed by atoms with van der Waals surface area (Å²) >= 11 is 0. The zero-order valence-electron chi connectivity index (χ0n) is 10.7. The Morgan fingerprint density at radius 3 is 2.00 bits per heavy atom. The molecule has 0 aromatic heterocycles. The van der Waals surface area contributed by atoms with Gasteiger partial charge in [-0.25, -0.2) is 0 Å². The summed E-state index contributed by atoms with van der Waals surface area (Å²) in [4.78, 5) is 0. The smallest absolute Gasteiger partial charge is 0.0792 e. The van der Waals surface area contributed by atoms with Crippen LogP contribution in [0, 0.1) is 5.92 Å². The number of hydrogen-bond acceptors (Lipinski definition) is 1. The molecule has 1 N–H and O–H groups in total. The van der Waals surface area contributed by atoms with E-state index in [4.69, 9.17) is 0 Å². The summed E-state index contributed by atoms with van der Waals surface area (Å²) in [6.45, 7) is 6.54. The van der Waals surface area contributed by atoms with Crippen molar-refractivity contribution in [2.24, 2.45) is 5.92 Å². The molecule has 0 bridgehead atoms. The van der Waals surface area contributed by atoms with E-state index in [0.29, 0.717) is 5.92 Å². The van der Waals surface area contributed by atoms with Crippen molar-refractivity contribution in [2.75, 3.05) is 0 Å². The minimum Gasteiger partial charge on any atom is -0.388 e. The predicted molar refractivity (Wildman–Crippen MR) is 69.5 cm³/mol. The Hall–Kier alpha value is -0.820. The van der Waals surface area contributed by atoms with Crippen LogP contribution in [-0.2, 0) is 6.42 Å². The van der Waals surface area contributed by atoms with Crippen LogP contribution in [0.2, 0.25) is 0 Å². The summed E-state index contributed by atoms with van der Waals surface area (Å²) < 4.78 is 0. The van der Waals surface area contributed by atoms with Gasteiger partial charge < -0.3 is 5.11 Å². The number of aliphatic hydroxyl groups excluding tert-OH is 1. The second-order valence-electron chi connectivity index (χ2n) is 4.53. The van der Waals surface area contributed by atoms with Gasteiger partial charge in [0.2, 0.25) is 0 Å². The van der Waals surface area contributed by atoms with Crippen LogP contribution < -0.4 is 0 Å². The molecule has 0 aliphatic heterocycles. The van der Waals surface area contributed by atoms with Gasteiger partial charge >= 0.3 is 0 Å². The van der Waals surface area contributed by atoms with E-state index in [2.05, 4.69) is 45.0 Å². The van der Waals surface area contributed by atoms with Crippen LogP contribution in [0.4, 0.5) is 0 Å².